The van der Waals surface area contributed by atoms with Crippen molar-refractivity contribution >= 4 is 27.3 Å². The van der Waals surface area contributed by atoms with Gasteiger partial charge in [0.25, 0.3) is 0 Å². The van der Waals surface area contributed by atoms with Gasteiger partial charge in [-0.05, 0) is 32.0 Å². The summed E-state index contributed by atoms with van der Waals surface area (Å²) in [5.74, 6) is -1.02. The van der Waals surface area contributed by atoms with Crippen molar-refractivity contribution in [1.82, 2.24) is 9.78 Å². The zero-order valence-electron chi connectivity index (χ0n) is 13.8. The van der Waals surface area contributed by atoms with E-state index in [1.54, 1.807) is 11.7 Å². The van der Waals surface area contributed by atoms with Crippen LogP contribution in [0.1, 0.15) is 17.0 Å². The molecule has 9 heteroatoms. The minimum Gasteiger partial charge on any atom is -0.326 e. The maximum absolute atomic E-state index is 13.6. The molecular weight excluding hydrogens is 335 g/mol. The lowest BCUT2D eigenvalue weighted by Crippen LogP contribution is -2.16. The standard InChI is InChI=1S/C15H19FN4O3S/c1-9-12(10(2)20(3)18-9)8-15(21)17-11-5-6-13(16)14(7-11)19-24(4,22)23/h5-7,19H,8H2,1-4H3,(H,17,21). The van der Waals surface area contributed by atoms with E-state index in [0.29, 0.717) is 5.69 Å². The third-order valence-electron chi connectivity index (χ3n) is 3.54. The Bertz CT molecular complexity index is 890. The summed E-state index contributed by atoms with van der Waals surface area (Å²) in [4.78, 5) is 12.2. The summed E-state index contributed by atoms with van der Waals surface area (Å²) in [6.07, 6.45) is 1.05. The second-order valence-corrected chi connectivity index (χ2v) is 7.32. The average molecular weight is 354 g/mol. The average Bonchev–Trinajstić information content (AvgIpc) is 2.67. The molecule has 0 radical (unpaired) electrons. The van der Waals surface area contributed by atoms with E-state index in [1.165, 1.54) is 12.1 Å². The first-order valence-corrected chi connectivity index (χ1v) is 9.02. The van der Waals surface area contributed by atoms with Gasteiger partial charge in [0.05, 0.1) is 24.1 Å². The molecular formula is C15H19FN4O3S. The summed E-state index contributed by atoms with van der Waals surface area (Å²) in [6.45, 7) is 3.69. The van der Waals surface area contributed by atoms with Crippen LogP contribution in [0.5, 0.6) is 0 Å². The first-order valence-electron chi connectivity index (χ1n) is 7.13. The molecule has 2 aromatic rings. The number of benzene rings is 1. The van der Waals surface area contributed by atoms with Crippen molar-refractivity contribution in [3.63, 3.8) is 0 Å². The molecule has 0 saturated carbocycles. The van der Waals surface area contributed by atoms with Crippen molar-refractivity contribution in [3.05, 3.63) is 41.0 Å². The highest BCUT2D eigenvalue weighted by Crippen LogP contribution is 2.21. The predicted octanol–water partition coefficient (Wildman–Crippen LogP) is 1.73. The fourth-order valence-corrected chi connectivity index (χ4v) is 2.88. The monoisotopic (exact) mass is 354 g/mol. The van der Waals surface area contributed by atoms with Crippen LogP contribution in [0.15, 0.2) is 18.2 Å². The molecule has 0 unspecified atom stereocenters. The van der Waals surface area contributed by atoms with E-state index in [0.717, 1.165) is 29.3 Å². The van der Waals surface area contributed by atoms with Gasteiger partial charge in [-0.1, -0.05) is 0 Å². The molecule has 0 fully saturated rings. The summed E-state index contributed by atoms with van der Waals surface area (Å²) < 4.78 is 39.9. The minimum absolute atomic E-state index is 0.123. The fraction of sp³-hybridized carbons (Fsp3) is 0.333. The molecule has 1 aromatic heterocycles. The SMILES string of the molecule is Cc1nn(C)c(C)c1CC(=O)Nc1ccc(F)c(NS(C)(=O)=O)c1. The van der Waals surface area contributed by atoms with Crippen molar-refractivity contribution in [3.8, 4) is 0 Å². The van der Waals surface area contributed by atoms with Crippen molar-refractivity contribution in [2.75, 3.05) is 16.3 Å². The Balaban J connectivity index is 2.16. The Hall–Kier alpha value is -2.42. The van der Waals surface area contributed by atoms with Gasteiger partial charge in [0.2, 0.25) is 15.9 Å². The van der Waals surface area contributed by atoms with Gasteiger partial charge in [0, 0.05) is 24.0 Å². The third-order valence-corrected chi connectivity index (χ3v) is 4.13. The quantitative estimate of drug-likeness (QED) is 0.855. The second kappa shape index (κ2) is 6.60. The summed E-state index contributed by atoms with van der Waals surface area (Å²) in [5.41, 5.74) is 2.56. The molecule has 0 aliphatic carbocycles. The molecule has 0 spiro atoms. The molecule has 1 heterocycles. The van der Waals surface area contributed by atoms with Gasteiger partial charge in [0.15, 0.2) is 0 Å². The topological polar surface area (TPSA) is 93.1 Å². The lowest BCUT2D eigenvalue weighted by Gasteiger charge is -2.10. The number of carbonyl (C=O) groups is 1. The van der Waals surface area contributed by atoms with Gasteiger partial charge in [-0.25, -0.2) is 12.8 Å². The molecule has 2 rings (SSSR count). The van der Waals surface area contributed by atoms with E-state index in [9.17, 15) is 17.6 Å². The van der Waals surface area contributed by atoms with E-state index in [1.807, 2.05) is 13.8 Å². The van der Waals surface area contributed by atoms with Gasteiger partial charge in [-0.2, -0.15) is 5.10 Å². The number of nitrogens with one attached hydrogen (secondary N) is 2. The van der Waals surface area contributed by atoms with Crippen LogP contribution in [0.25, 0.3) is 0 Å². The van der Waals surface area contributed by atoms with Crippen LogP contribution in [-0.2, 0) is 28.3 Å². The minimum atomic E-state index is -3.62. The van der Waals surface area contributed by atoms with Gasteiger partial charge < -0.3 is 5.32 Å². The van der Waals surface area contributed by atoms with E-state index in [2.05, 4.69) is 15.1 Å². The molecule has 7 nitrogen and oxygen atoms in total. The zero-order chi connectivity index (χ0) is 18.1. The van der Waals surface area contributed by atoms with E-state index in [4.69, 9.17) is 0 Å². The highest BCUT2D eigenvalue weighted by molar-refractivity contribution is 7.92. The van der Waals surface area contributed by atoms with Crippen molar-refractivity contribution < 1.29 is 17.6 Å². The number of carbonyl (C=O) groups excluding carboxylic acids is 1. The molecule has 0 atom stereocenters. The van der Waals surface area contributed by atoms with Crippen molar-refractivity contribution in [2.24, 2.45) is 7.05 Å². The largest absolute Gasteiger partial charge is 0.326 e. The molecule has 0 aliphatic rings. The number of rotatable bonds is 5. The van der Waals surface area contributed by atoms with Crippen LogP contribution in [0.2, 0.25) is 0 Å². The Morgan fingerprint density at radius 3 is 2.54 bits per heavy atom. The molecule has 1 aromatic carbocycles. The molecule has 0 saturated heterocycles. The number of aryl methyl sites for hydroxylation is 2. The first-order chi connectivity index (χ1) is 11.1. The Labute approximate surface area is 139 Å². The molecule has 24 heavy (non-hydrogen) atoms. The fourth-order valence-electron chi connectivity index (χ4n) is 2.32. The summed E-state index contributed by atoms with van der Waals surface area (Å²) in [6, 6.07) is 3.69. The number of hydrogen-bond donors (Lipinski definition) is 2. The van der Waals surface area contributed by atoms with Crippen LogP contribution in [0.4, 0.5) is 15.8 Å². The van der Waals surface area contributed by atoms with Crippen molar-refractivity contribution in [2.45, 2.75) is 20.3 Å². The lowest BCUT2D eigenvalue weighted by molar-refractivity contribution is -0.115. The maximum atomic E-state index is 13.6. The summed E-state index contributed by atoms with van der Waals surface area (Å²) in [5, 5.41) is 6.88. The van der Waals surface area contributed by atoms with Crippen LogP contribution < -0.4 is 10.0 Å². The molecule has 0 bridgehead atoms. The normalized spacial score (nSPS) is 11.4. The summed E-state index contributed by atoms with van der Waals surface area (Å²) in [7, 11) is -1.82. The molecule has 2 N–H and O–H groups in total. The summed E-state index contributed by atoms with van der Waals surface area (Å²) >= 11 is 0. The first kappa shape index (κ1) is 17.9. The van der Waals surface area contributed by atoms with Crippen LogP contribution >= 0.6 is 0 Å². The van der Waals surface area contributed by atoms with E-state index in [-0.39, 0.29) is 18.0 Å². The highest BCUT2D eigenvalue weighted by atomic mass is 32.2. The Morgan fingerprint density at radius 1 is 1.33 bits per heavy atom. The third kappa shape index (κ3) is 4.31. The lowest BCUT2D eigenvalue weighted by atomic mass is 10.1. The van der Waals surface area contributed by atoms with Crippen LogP contribution in [0.3, 0.4) is 0 Å². The van der Waals surface area contributed by atoms with Gasteiger partial charge >= 0.3 is 0 Å². The maximum Gasteiger partial charge on any atom is 0.229 e. The highest BCUT2D eigenvalue weighted by Gasteiger charge is 2.15. The van der Waals surface area contributed by atoms with Gasteiger partial charge in [-0.15, -0.1) is 0 Å². The van der Waals surface area contributed by atoms with E-state index < -0.39 is 15.8 Å². The van der Waals surface area contributed by atoms with E-state index >= 15 is 0 Å². The molecule has 130 valence electrons. The Morgan fingerprint density at radius 2 is 2.00 bits per heavy atom. The van der Waals surface area contributed by atoms with Crippen LogP contribution in [0, 0.1) is 19.7 Å². The number of hydrogen-bond acceptors (Lipinski definition) is 4. The van der Waals surface area contributed by atoms with Gasteiger partial charge in [-0.3, -0.25) is 14.2 Å². The number of amides is 1. The number of anilines is 2. The van der Waals surface area contributed by atoms with Crippen molar-refractivity contribution in [1.29, 1.82) is 0 Å². The van der Waals surface area contributed by atoms with Crippen LogP contribution in [-0.4, -0.2) is 30.4 Å². The number of sulfonamides is 1. The number of halogens is 1. The smallest absolute Gasteiger partial charge is 0.229 e. The molecule has 1 amide bonds. The Kier molecular flexibility index (Phi) is 4.93. The molecule has 0 aliphatic heterocycles. The second-order valence-electron chi connectivity index (χ2n) is 5.57. The zero-order valence-corrected chi connectivity index (χ0v) is 14.7. The number of nitrogens with zero attached hydrogens (tertiary/aromatic N) is 2. The van der Waals surface area contributed by atoms with Gasteiger partial charge in [0.1, 0.15) is 5.82 Å². The number of aromatic nitrogens is 2. The predicted molar refractivity (Wildman–Crippen MR) is 89.9 cm³/mol.